The summed E-state index contributed by atoms with van der Waals surface area (Å²) in [5.41, 5.74) is 0.971. The minimum Gasteiger partial charge on any atom is -0.507 e. The van der Waals surface area contributed by atoms with E-state index in [-0.39, 0.29) is 17.2 Å². The number of aromatic hydroxyl groups is 1. The third kappa shape index (κ3) is 3.74. The number of thioether (sulfide) groups is 1. The Morgan fingerprint density at radius 1 is 1.27 bits per heavy atom. The van der Waals surface area contributed by atoms with Crippen LogP contribution in [0.3, 0.4) is 0 Å². The number of aliphatic imine (C=N–C) groups is 1. The third-order valence-electron chi connectivity index (χ3n) is 3.60. The number of hydrogen-bond acceptors (Lipinski definition) is 5. The highest BCUT2D eigenvalue weighted by atomic mass is 35.5. The van der Waals surface area contributed by atoms with Gasteiger partial charge in [-0.15, -0.1) is 0 Å². The van der Waals surface area contributed by atoms with Crippen molar-refractivity contribution in [1.82, 2.24) is 4.90 Å². The fourth-order valence-electron chi connectivity index (χ4n) is 2.25. The molecule has 0 unspecified atom stereocenters. The quantitative estimate of drug-likeness (QED) is 0.776. The summed E-state index contributed by atoms with van der Waals surface area (Å²) in [6.45, 7) is 0. The standard InChI is InChI=1S/C18H13ClN2O4S/c1-21-16(23)15(9-11-7-12(19)5-6-14(11)22)26-18(21)20-13-4-2-3-10(8-13)17(24)25/h2-9,22H,1H3,(H,24,25)/b15-9-,20-18?. The lowest BCUT2D eigenvalue weighted by Crippen LogP contribution is -2.23. The van der Waals surface area contributed by atoms with Crippen molar-refractivity contribution in [3.05, 3.63) is 63.5 Å². The molecule has 1 fully saturated rings. The van der Waals surface area contributed by atoms with E-state index in [0.29, 0.717) is 26.3 Å². The zero-order valence-electron chi connectivity index (χ0n) is 13.5. The van der Waals surface area contributed by atoms with Crippen LogP contribution in [0.5, 0.6) is 5.75 Å². The Hall–Kier alpha value is -2.77. The molecule has 0 radical (unpaired) electrons. The van der Waals surface area contributed by atoms with Crippen LogP contribution < -0.4 is 0 Å². The number of carboxylic acids is 1. The predicted octanol–water partition coefficient (Wildman–Crippen LogP) is 3.98. The molecule has 0 atom stereocenters. The summed E-state index contributed by atoms with van der Waals surface area (Å²) in [4.78, 5) is 29.6. The third-order valence-corrected chi connectivity index (χ3v) is 4.89. The molecule has 26 heavy (non-hydrogen) atoms. The number of carbonyl (C=O) groups is 2. The highest BCUT2D eigenvalue weighted by Crippen LogP contribution is 2.35. The fraction of sp³-hybridized carbons (Fsp3) is 0.0556. The first kappa shape index (κ1) is 18.0. The Kier molecular flexibility index (Phi) is 5.01. The summed E-state index contributed by atoms with van der Waals surface area (Å²) in [6, 6.07) is 10.7. The molecule has 1 heterocycles. The van der Waals surface area contributed by atoms with Gasteiger partial charge in [0, 0.05) is 17.6 Å². The Bertz CT molecular complexity index is 971. The minimum absolute atomic E-state index is 0.0116. The maximum Gasteiger partial charge on any atom is 0.335 e. The Morgan fingerprint density at radius 2 is 2.04 bits per heavy atom. The maximum atomic E-state index is 12.4. The monoisotopic (exact) mass is 388 g/mol. The van der Waals surface area contributed by atoms with Crippen LogP contribution in [-0.4, -0.2) is 39.2 Å². The lowest BCUT2D eigenvalue weighted by molar-refractivity contribution is -0.121. The van der Waals surface area contributed by atoms with Gasteiger partial charge in [-0.2, -0.15) is 0 Å². The van der Waals surface area contributed by atoms with Crippen molar-refractivity contribution in [1.29, 1.82) is 0 Å². The molecular formula is C18H13ClN2O4S. The number of benzene rings is 2. The largest absolute Gasteiger partial charge is 0.507 e. The van der Waals surface area contributed by atoms with Gasteiger partial charge in [0.25, 0.3) is 5.91 Å². The summed E-state index contributed by atoms with van der Waals surface area (Å²) < 4.78 is 0. The molecule has 3 rings (SSSR count). The molecule has 1 amide bonds. The summed E-state index contributed by atoms with van der Waals surface area (Å²) >= 11 is 7.06. The second-order valence-electron chi connectivity index (χ2n) is 5.43. The van der Waals surface area contributed by atoms with Gasteiger partial charge in [0.1, 0.15) is 5.75 Å². The first-order valence-electron chi connectivity index (χ1n) is 7.43. The van der Waals surface area contributed by atoms with Gasteiger partial charge in [-0.05, 0) is 54.2 Å². The molecule has 2 aromatic carbocycles. The summed E-state index contributed by atoms with van der Waals surface area (Å²) in [6.07, 6.45) is 1.54. The second kappa shape index (κ2) is 7.23. The zero-order chi connectivity index (χ0) is 18.8. The molecule has 132 valence electrons. The summed E-state index contributed by atoms with van der Waals surface area (Å²) in [7, 11) is 1.58. The average Bonchev–Trinajstić information content (AvgIpc) is 2.86. The van der Waals surface area contributed by atoms with Crippen LogP contribution in [0.25, 0.3) is 6.08 Å². The van der Waals surface area contributed by atoms with E-state index >= 15 is 0 Å². The van der Waals surface area contributed by atoms with Crippen molar-refractivity contribution < 1.29 is 19.8 Å². The van der Waals surface area contributed by atoms with E-state index in [2.05, 4.69) is 4.99 Å². The Balaban J connectivity index is 1.94. The normalized spacial score (nSPS) is 17.3. The molecular weight excluding hydrogens is 376 g/mol. The van der Waals surface area contributed by atoms with E-state index in [0.717, 1.165) is 11.8 Å². The van der Waals surface area contributed by atoms with Crippen LogP contribution in [0, 0.1) is 0 Å². The minimum atomic E-state index is -1.05. The maximum absolute atomic E-state index is 12.4. The number of rotatable bonds is 3. The molecule has 1 aliphatic rings. The van der Waals surface area contributed by atoms with Crippen molar-refractivity contribution in [2.75, 3.05) is 7.05 Å². The number of hydrogen-bond donors (Lipinski definition) is 2. The van der Waals surface area contributed by atoms with Crippen LogP contribution >= 0.6 is 23.4 Å². The summed E-state index contributed by atoms with van der Waals surface area (Å²) in [5, 5.41) is 19.8. The molecule has 0 aliphatic carbocycles. The molecule has 0 aromatic heterocycles. The van der Waals surface area contributed by atoms with Gasteiger partial charge < -0.3 is 10.2 Å². The predicted molar refractivity (Wildman–Crippen MR) is 102 cm³/mol. The van der Waals surface area contributed by atoms with E-state index in [4.69, 9.17) is 16.7 Å². The van der Waals surface area contributed by atoms with E-state index in [1.807, 2.05) is 0 Å². The number of nitrogens with zero attached hydrogens (tertiary/aromatic N) is 2. The van der Waals surface area contributed by atoms with Gasteiger partial charge in [0.2, 0.25) is 0 Å². The highest BCUT2D eigenvalue weighted by molar-refractivity contribution is 8.18. The molecule has 1 saturated heterocycles. The SMILES string of the molecule is CN1C(=O)/C(=C/c2cc(Cl)ccc2O)SC1=Nc1cccc(C(=O)O)c1. The van der Waals surface area contributed by atoms with Gasteiger partial charge in [-0.3, -0.25) is 9.69 Å². The molecule has 2 N–H and O–H groups in total. The first-order valence-corrected chi connectivity index (χ1v) is 8.63. The van der Waals surface area contributed by atoms with Crippen LogP contribution in [0.15, 0.2) is 52.4 Å². The molecule has 0 bridgehead atoms. The molecule has 2 aromatic rings. The number of halogens is 1. The van der Waals surface area contributed by atoms with Crippen molar-refractivity contribution >= 4 is 52.2 Å². The molecule has 8 heteroatoms. The molecule has 6 nitrogen and oxygen atoms in total. The van der Waals surface area contributed by atoms with Crippen LogP contribution in [-0.2, 0) is 4.79 Å². The van der Waals surface area contributed by atoms with Gasteiger partial charge in [-0.1, -0.05) is 17.7 Å². The number of carbonyl (C=O) groups excluding carboxylic acids is 1. The number of carboxylic acid groups (broad SMARTS) is 1. The average molecular weight is 389 g/mol. The smallest absolute Gasteiger partial charge is 0.335 e. The number of amides is 1. The fourth-order valence-corrected chi connectivity index (χ4v) is 3.41. The van der Waals surface area contributed by atoms with Crippen LogP contribution in [0.4, 0.5) is 5.69 Å². The number of phenols is 1. The van der Waals surface area contributed by atoms with Gasteiger partial charge in [0.05, 0.1) is 16.2 Å². The lowest BCUT2D eigenvalue weighted by atomic mass is 10.2. The van der Waals surface area contributed by atoms with E-state index in [1.165, 1.54) is 23.1 Å². The van der Waals surface area contributed by atoms with Crippen molar-refractivity contribution in [2.24, 2.45) is 4.99 Å². The van der Waals surface area contributed by atoms with Gasteiger partial charge in [-0.25, -0.2) is 9.79 Å². The lowest BCUT2D eigenvalue weighted by Gasteiger charge is -2.07. The van der Waals surface area contributed by atoms with Crippen molar-refractivity contribution in [3.63, 3.8) is 0 Å². The highest BCUT2D eigenvalue weighted by Gasteiger charge is 2.30. The zero-order valence-corrected chi connectivity index (χ0v) is 15.1. The van der Waals surface area contributed by atoms with Crippen molar-refractivity contribution in [3.8, 4) is 5.75 Å². The number of amidine groups is 1. The second-order valence-corrected chi connectivity index (χ2v) is 6.87. The summed E-state index contributed by atoms with van der Waals surface area (Å²) in [5.74, 6) is -1.31. The van der Waals surface area contributed by atoms with Gasteiger partial charge >= 0.3 is 5.97 Å². The molecule has 1 aliphatic heterocycles. The topological polar surface area (TPSA) is 90.2 Å². The Morgan fingerprint density at radius 3 is 2.77 bits per heavy atom. The first-order chi connectivity index (χ1) is 12.3. The van der Waals surface area contributed by atoms with Crippen molar-refractivity contribution in [2.45, 2.75) is 0 Å². The van der Waals surface area contributed by atoms with Gasteiger partial charge in [0.15, 0.2) is 5.17 Å². The molecule has 0 spiro atoms. The number of phenolic OH excluding ortho intramolecular Hbond substituents is 1. The van der Waals surface area contributed by atoms with Crippen LogP contribution in [0.1, 0.15) is 15.9 Å². The van der Waals surface area contributed by atoms with E-state index in [1.54, 1.807) is 37.4 Å². The Labute approximate surface area is 158 Å². The van der Waals surface area contributed by atoms with E-state index < -0.39 is 5.97 Å². The molecule has 0 saturated carbocycles. The number of likely N-dealkylation sites (N-methyl/N-ethyl adjacent to an activating group) is 1. The van der Waals surface area contributed by atoms with Crippen LogP contribution in [0.2, 0.25) is 5.02 Å². The van der Waals surface area contributed by atoms with E-state index in [9.17, 15) is 14.7 Å². The number of aromatic carboxylic acids is 1.